The molecule has 2 unspecified atom stereocenters. The Labute approximate surface area is 131 Å². The quantitative estimate of drug-likeness (QED) is 0.897. The number of nitrogens with zero attached hydrogens (tertiary/aromatic N) is 1. The standard InChI is InChI=1S/C17H25BrN2/c1-12-5-8-15(16(18)10-12)17-13(11-19-2)4-3-9-20(17)14-6-7-14/h5,8,10,13-14,17,19H,3-4,6-7,9,11H2,1-2H3. The smallest absolute Gasteiger partial charge is 0.0402 e. The van der Waals surface area contributed by atoms with E-state index < -0.39 is 0 Å². The highest BCUT2D eigenvalue weighted by Gasteiger charge is 2.40. The van der Waals surface area contributed by atoms with Crippen LogP contribution < -0.4 is 5.32 Å². The molecule has 3 rings (SSSR count). The van der Waals surface area contributed by atoms with Gasteiger partial charge in [0, 0.05) is 16.6 Å². The van der Waals surface area contributed by atoms with Crippen LogP contribution in [0.2, 0.25) is 0 Å². The first kappa shape index (κ1) is 14.6. The van der Waals surface area contributed by atoms with E-state index in [1.807, 2.05) is 0 Å². The highest BCUT2D eigenvalue weighted by atomic mass is 79.9. The fourth-order valence-corrected chi connectivity index (χ4v) is 4.43. The van der Waals surface area contributed by atoms with E-state index in [-0.39, 0.29) is 0 Å². The Morgan fingerprint density at radius 2 is 2.10 bits per heavy atom. The van der Waals surface area contributed by atoms with E-state index in [1.54, 1.807) is 0 Å². The Bertz CT molecular complexity index is 468. The van der Waals surface area contributed by atoms with Crippen molar-refractivity contribution < 1.29 is 0 Å². The number of hydrogen-bond acceptors (Lipinski definition) is 2. The van der Waals surface area contributed by atoms with Crippen LogP contribution in [0.1, 0.15) is 42.9 Å². The van der Waals surface area contributed by atoms with Crippen molar-refractivity contribution in [2.45, 2.75) is 44.7 Å². The molecule has 1 aromatic carbocycles. The molecule has 1 aliphatic heterocycles. The summed E-state index contributed by atoms with van der Waals surface area (Å²) < 4.78 is 1.29. The Balaban J connectivity index is 1.93. The van der Waals surface area contributed by atoms with E-state index in [0.29, 0.717) is 6.04 Å². The van der Waals surface area contributed by atoms with E-state index in [4.69, 9.17) is 0 Å². The van der Waals surface area contributed by atoms with Gasteiger partial charge in [-0.2, -0.15) is 0 Å². The Kier molecular flexibility index (Phi) is 4.49. The van der Waals surface area contributed by atoms with Gasteiger partial charge in [0.15, 0.2) is 0 Å². The van der Waals surface area contributed by atoms with Gasteiger partial charge in [-0.05, 0) is 75.9 Å². The molecule has 1 heterocycles. The van der Waals surface area contributed by atoms with Crippen LogP contribution in [0, 0.1) is 12.8 Å². The Morgan fingerprint density at radius 3 is 2.75 bits per heavy atom. The van der Waals surface area contributed by atoms with Gasteiger partial charge >= 0.3 is 0 Å². The zero-order valence-electron chi connectivity index (χ0n) is 12.5. The van der Waals surface area contributed by atoms with E-state index >= 15 is 0 Å². The van der Waals surface area contributed by atoms with Crippen LogP contribution in [0.25, 0.3) is 0 Å². The number of aryl methyl sites for hydroxylation is 1. The fraction of sp³-hybridized carbons (Fsp3) is 0.647. The predicted molar refractivity (Wildman–Crippen MR) is 88.0 cm³/mol. The maximum Gasteiger partial charge on any atom is 0.0402 e. The monoisotopic (exact) mass is 336 g/mol. The van der Waals surface area contributed by atoms with Crippen LogP contribution >= 0.6 is 15.9 Å². The summed E-state index contributed by atoms with van der Waals surface area (Å²) in [6, 6.07) is 8.29. The van der Waals surface area contributed by atoms with Crippen molar-refractivity contribution in [3.8, 4) is 0 Å². The lowest BCUT2D eigenvalue weighted by Gasteiger charge is -2.42. The lowest BCUT2D eigenvalue weighted by Crippen LogP contribution is -2.43. The average Bonchev–Trinajstić information content (AvgIpc) is 3.24. The van der Waals surface area contributed by atoms with Crippen molar-refractivity contribution in [1.29, 1.82) is 0 Å². The van der Waals surface area contributed by atoms with Gasteiger partial charge in [0.05, 0.1) is 0 Å². The summed E-state index contributed by atoms with van der Waals surface area (Å²) in [6.07, 6.45) is 5.48. The molecule has 1 aliphatic carbocycles. The molecule has 3 heteroatoms. The van der Waals surface area contributed by atoms with Crippen LogP contribution in [0.3, 0.4) is 0 Å². The van der Waals surface area contributed by atoms with Gasteiger partial charge in [0.2, 0.25) is 0 Å². The number of hydrogen-bond donors (Lipinski definition) is 1. The van der Waals surface area contributed by atoms with Crippen molar-refractivity contribution in [1.82, 2.24) is 10.2 Å². The molecule has 1 aromatic rings. The molecule has 1 saturated carbocycles. The zero-order valence-corrected chi connectivity index (χ0v) is 14.1. The van der Waals surface area contributed by atoms with Crippen molar-refractivity contribution in [3.05, 3.63) is 33.8 Å². The van der Waals surface area contributed by atoms with E-state index in [0.717, 1.165) is 18.5 Å². The molecule has 2 fully saturated rings. The Morgan fingerprint density at radius 1 is 1.30 bits per heavy atom. The number of benzene rings is 1. The minimum absolute atomic E-state index is 0.582. The lowest BCUT2D eigenvalue weighted by atomic mass is 9.84. The highest BCUT2D eigenvalue weighted by Crippen LogP contribution is 2.44. The van der Waals surface area contributed by atoms with Crippen LogP contribution in [-0.4, -0.2) is 31.1 Å². The molecular formula is C17H25BrN2. The summed E-state index contributed by atoms with van der Waals surface area (Å²) in [6.45, 7) is 4.56. The first-order valence-electron chi connectivity index (χ1n) is 7.87. The summed E-state index contributed by atoms with van der Waals surface area (Å²) in [7, 11) is 2.08. The molecule has 2 aliphatic rings. The molecule has 1 N–H and O–H groups in total. The van der Waals surface area contributed by atoms with Gasteiger partial charge < -0.3 is 5.32 Å². The predicted octanol–water partition coefficient (Wildman–Crippen LogP) is 3.89. The third-order valence-corrected chi connectivity index (χ3v) is 5.44. The normalized spacial score (nSPS) is 27.8. The molecule has 0 aromatic heterocycles. The van der Waals surface area contributed by atoms with Crippen molar-refractivity contribution in [2.24, 2.45) is 5.92 Å². The maximum atomic E-state index is 3.81. The number of rotatable bonds is 4. The summed E-state index contributed by atoms with van der Waals surface area (Å²) in [5.41, 5.74) is 2.82. The second kappa shape index (κ2) is 6.17. The Hall–Kier alpha value is -0.380. The molecule has 20 heavy (non-hydrogen) atoms. The van der Waals surface area contributed by atoms with E-state index in [2.05, 4.69) is 58.3 Å². The molecule has 0 bridgehead atoms. The zero-order chi connectivity index (χ0) is 14.1. The third-order valence-electron chi connectivity index (χ3n) is 4.75. The first-order chi connectivity index (χ1) is 9.70. The second-order valence-corrected chi connectivity index (χ2v) is 7.25. The SMILES string of the molecule is CNCC1CCCN(C2CC2)C1c1ccc(C)cc1Br. The number of piperidine rings is 1. The maximum absolute atomic E-state index is 3.81. The number of nitrogens with one attached hydrogen (secondary N) is 1. The van der Waals surface area contributed by atoms with Crippen molar-refractivity contribution >= 4 is 15.9 Å². The molecule has 110 valence electrons. The van der Waals surface area contributed by atoms with Crippen molar-refractivity contribution in [2.75, 3.05) is 20.1 Å². The van der Waals surface area contributed by atoms with E-state index in [1.165, 1.54) is 47.8 Å². The van der Waals surface area contributed by atoms with Crippen LogP contribution in [0.4, 0.5) is 0 Å². The summed E-state index contributed by atoms with van der Waals surface area (Å²) in [4.78, 5) is 2.78. The van der Waals surface area contributed by atoms with Gasteiger partial charge in [-0.15, -0.1) is 0 Å². The minimum Gasteiger partial charge on any atom is -0.319 e. The summed E-state index contributed by atoms with van der Waals surface area (Å²) in [5.74, 6) is 0.730. The summed E-state index contributed by atoms with van der Waals surface area (Å²) >= 11 is 3.81. The number of likely N-dealkylation sites (tertiary alicyclic amines) is 1. The van der Waals surface area contributed by atoms with Crippen LogP contribution in [-0.2, 0) is 0 Å². The van der Waals surface area contributed by atoms with Gasteiger partial charge in [-0.3, -0.25) is 4.90 Å². The molecule has 0 amide bonds. The van der Waals surface area contributed by atoms with Crippen molar-refractivity contribution in [3.63, 3.8) is 0 Å². The van der Waals surface area contributed by atoms with Gasteiger partial charge in [0.25, 0.3) is 0 Å². The largest absolute Gasteiger partial charge is 0.319 e. The average molecular weight is 337 g/mol. The van der Waals surface area contributed by atoms with Gasteiger partial charge in [0.1, 0.15) is 0 Å². The molecule has 0 radical (unpaired) electrons. The fourth-order valence-electron chi connectivity index (χ4n) is 3.70. The highest BCUT2D eigenvalue weighted by molar-refractivity contribution is 9.10. The topological polar surface area (TPSA) is 15.3 Å². The molecule has 1 saturated heterocycles. The van der Waals surface area contributed by atoms with Crippen LogP contribution in [0.15, 0.2) is 22.7 Å². The molecule has 2 nitrogen and oxygen atoms in total. The minimum atomic E-state index is 0.582. The molecule has 2 atom stereocenters. The first-order valence-corrected chi connectivity index (χ1v) is 8.66. The van der Waals surface area contributed by atoms with Crippen LogP contribution in [0.5, 0.6) is 0 Å². The lowest BCUT2D eigenvalue weighted by molar-refractivity contribution is 0.0840. The molecular weight excluding hydrogens is 312 g/mol. The summed E-state index contributed by atoms with van der Waals surface area (Å²) in [5, 5.41) is 3.41. The second-order valence-electron chi connectivity index (χ2n) is 6.40. The van der Waals surface area contributed by atoms with Gasteiger partial charge in [-0.1, -0.05) is 28.1 Å². The third kappa shape index (κ3) is 2.95. The molecule has 0 spiro atoms. The number of halogens is 1. The van der Waals surface area contributed by atoms with E-state index in [9.17, 15) is 0 Å². The van der Waals surface area contributed by atoms with Gasteiger partial charge in [-0.25, -0.2) is 0 Å².